The molecule has 1 unspecified atom stereocenters. The lowest BCUT2D eigenvalue weighted by molar-refractivity contribution is 0.0917. The fourth-order valence-corrected chi connectivity index (χ4v) is 5.57. The molecule has 0 radical (unpaired) electrons. The van der Waals surface area contributed by atoms with Crippen LogP contribution in [-0.2, 0) is 20.0 Å². The summed E-state index contributed by atoms with van der Waals surface area (Å²) in [6.45, 7) is 4.35. The van der Waals surface area contributed by atoms with Gasteiger partial charge in [-0.05, 0) is 31.0 Å². The fraction of sp³-hybridized carbons (Fsp3) is 0.588. The molecule has 0 spiro atoms. The van der Waals surface area contributed by atoms with Gasteiger partial charge in [0.2, 0.25) is 20.0 Å². The van der Waals surface area contributed by atoms with E-state index in [1.54, 1.807) is 13.8 Å². The van der Waals surface area contributed by atoms with Crippen molar-refractivity contribution in [3.8, 4) is 0 Å². The summed E-state index contributed by atoms with van der Waals surface area (Å²) >= 11 is 0. The van der Waals surface area contributed by atoms with Crippen molar-refractivity contribution in [3.05, 3.63) is 29.6 Å². The average molecular weight is 436 g/mol. The molecule has 11 heteroatoms. The van der Waals surface area contributed by atoms with Gasteiger partial charge in [0.1, 0.15) is 5.82 Å². The van der Waals surface area contributed by atoms with E-state index in [1.165, 1.54) is 8.61 Å². The van der Waals surface area contributed by atoms with E-state index in [0.717, 1.165) is 24.5 Å². The molecule has 0 aliphatic carbocycles. The molecule has 0 bridgehead atoms. The molecule has 1 aromatic carbocycles. The summed E-state index contributed by atoms with van der Waals surface area (Å²) in [6, 6.07) is 2.63. The standard InChI is InChI=1S/C17H26FN3O5S2/c1-4-20(5-2)28(25,26)14-8-9-16(18)15(11-14)17(22)19-13-7-6-10-21(12-13)27(3,23)24/h8-9,11,13H,4-7,10,12H2,1-3H3,(H,19,22). The van der Waals surface area contributed by atoms with Gasteiger partial charge in [-0.1, -0.05) is 13.8 Å². The van der Waals surface area contributed by atoms with E-state index in [9.17, 15) is 26.0 Å². The number of carbonyl (C=O) groups is 1. The average Bonchev–Trinajstić information content (AvgIpc) is 2.62. The monoisotopic (exact) mass is 435 g/mol. The second-order valence-electron chi connectivity index (χ2n) is 6.66. The maximum absolute atomic E-state index is 14.2. The molecular weight excluding hydrogens is 409 g/mol. The van der Waals surface area contributed by atoms with E-state index in [4.69, 9.17) is 0 Å². The van der Waals surface area contributed by atoms with Gasteiger partial charge in [0.25, 0.3) is 5.91 Å². The maximum Gasteiger partial charge on any atom is 0.254 e. The van der Waals surface area contributed by atoms with Crippen LogP contribution < -0.4 is 5.32 Å². The Morgan fingerprint density at radius 1 is 1.25 bits per heavy atom. The maximum atomic E-state index is 14.2. The van der Waals surface area contributed by atoms with Gasteiger partial charge in [-0.25, -0.2) is 25.5 Å². The fourth-order valence-electron chi connectivity index (χ4n) is 3.18. The Bertz CT molecular complexity index is 930. The van der Waals surface area contributed by atoms with Crippen molar-refractivity contribution in [1.29, 1.82) is 0 Å². The highest BCUT2D eigenvalue weighted by atomic mass is 32.2. The molecule has 2 rings (SSSR count). The molecule has 1 N–H and O–H groups in total. The minimum Gasteiger partial charge on any atom is -0.348 e. The van der Waals surface area contributed by atoms with Crippen molar-refractivity contribution < 1.29 is 26.0 Å². The van der Waals surface area contributed by atoms with Crippen LogP contribution in [0.25, 0.3) is 0 Å². The first-order valence-corrected chi connectivity index (χ1v) is 12.3. The summed E-state index contributed by atoms with van der Waals surface area (Å²) in [7, 11) is -7.22. The third-order valence-corrected chi connectivity index (χ3v) is 8.03. The Morgan fingerprint density at radius 2 is 1.89 bits per heavy atom. The molecular formula is C17H26FN3O5S2. The number of benzene rings is 1. The molecule has 0 saturated carbocycles. The number of sulfonamides is 2. The van der Waals surface area contributed by atoms with Crippen molar-refractivity contribution in [1.82, 2.24) is 13.9 Å². The largest absolute Gasteiger partial charge is 0.348 e. The van der Waals surface area contributed by atoms with Crippen LogP contribution in [-0.4, -0.2) is 69.8 Å². The zero-order chi connectivity index (χ0) is 21.1. The Labute approximate surface area is 165 Å². The number of nitrogens with zero attached hydrogens (tertiary/aromatic N) is 2. The molecule has 8 nitrogen and oxygen atoms in total. The lowest BCUT2D eigenvalue weighted by Crippen LogP contribution is -2.49. The molecule has 0 aromatic heterocycles. The van der Waals surface area contributed by atoms with Crippen molar-refractivity contribution in [2.75, 3.05) is 32.4 Å². The zero-order valence-electron chi connectivity index (χ0n) is 16.2. The molecule has 1 saturated heterocycles. The summed E-state index contributed by atoms with van der Waals surface area (Å²) in [5.41, 5.74) is -0.385. The van der Waals surface area contributed by atoms with Crippen LogP contribution in [0.3, 0.4) is 0 Å². The minimum atomic E-state index is -3.84. The number of hydrogen-bond acceptors (Lipinski definition) is 5. The van der Waals surface area contributed by atoms with Crippen LogP contribution in [0.1, 0.15) is 37.0 Å². The summed E-state index contributed by atoms with van der Waals surface area (Å²) in [4.78, 5) is 12.4. The number of halogens is 1. The Hall–Kier alpha value is -1.56. The van der Waals surface area contributed by atoms with E-state index < -0.39 is 37.8 Å². The van der Waals surface area contributed by atoms with Crippen molar-refractivity contribution in [3.63, 3.8) is 0 Å². The van der Waals surface area contributed by atoms with Gasteiger partial charge in [0.15, 0.2) is 0 Å². The topological polar surface area (TPSA) is 104 Å². The molecule has 1 heterocycles. The van der Waals surface area contributed by atoms with Gasteiger partial charge in [-0.3, -0.25) is 4.79 Å². The molecule has 1 amide bonds. The van der Waals surface area contributed by atoms with Gasteiger partial charge in [0.05, 0.1) is 16.7 Å². The molecule has 1 aliphatic heterocycles. The van der Waals surface area contributed by atoms with Crippen molar-refractivity contribution >= 4 is 26.0 Å². The molecule has 1 atom stereocenters. The highest BCUT2D eigenvalue weighted by molar-refractivity contribution is 7.89. The van der Waals surface area contributed by atoms with E-state index in [1.807, 2.05) is 0 Å². The third-order valence-electron chi connectivity index (χ3n) is 4.71. The molecule has 1 fully saturated rings. The molecule has 1 aromatic rings. The predicted octanol–water partition coefficient (Wildman–Crippen LogP) is 1.01. The zero-order valence-corrected chi connectivity index (χ0v) is 17.8. The first kappa shape index (κ1) is 22.7. The van der Waals surface area contributed by atoms with Crippen LogP contribution in [0.5, 0.6) is 0 Å². The summed E-state index contributed by atoms with van der Waals surface area (Å²) in [6.07, 6.45) is 2.21. The highest BCUT2D eigenvalue weighted by Crippen LogP contribution is 2.20. The lowest BCUT2D eigenvalue weighted by atomic mass is 10.1. The molecule has 1 aliphatic rings. The van der Waals surface area contributed by atoms with Crippen molar-refractivity contribution in [2.24, 2.45) is 0 Å². The highest BCUT2D eigenvalue weighted by Gasteiger charge is 2.29. The Balaban J connectivity index is 2.24. The number of amides is 1. The molecule has 158 valence electrons. The van der Waals surface area contributed by atoms with E-state index in [0.29, 0.717) is 19.4 Å². The summed E-state index contributed by atoms with van der Waals surface area (Å²) in [5.74, 6) is -1.61. The van der Waals surface area contributed by atoms with Gasteiger partial charge in [0, 0.05) is 32.2 Å². The number of hydrogen-bond donors (Lipinski definition) is 1. The minimum absolute atomic E-state index is 0.101. The Kier molecular flexibility index (Phi) is 7.18. The van der Waals surface area contributed by atoms with Crippen LogP contribution in [0, 0.1) is 5.82 Å². The normalized spacial score (nSPS) is 19.0. The predicted molar refractivity (Wildman–Crippen MR) is 103 cm³/mol. The number of rotatable bonds is 7. The number of nitrogens with one attached hydrogen (secondary N) is 1. The second kappa shape index (κ2) is 8.85. The van der Waals surface area contributed by atoms with Gasteiger partial charge in [-0.15, -0.1) is 0 Å². The number of piperidine rings is 1. The van der Waals surface area contributed by atoms with E-state index in [2.05, 4.69) is 5.32 Å². The van der Waals surface area contributed by atoms with Crippen LogP contribution >= 0.6 is 0 Å². The van der Waals surface area contributed by atoms with Crippen LogP contribution in [0.4, 0.5) is 4.39 Å². The summed E-state index contributed by atoms with van der Waals surface area (Å²) in [5, 5.41) is 2.62. The van der Waals surface area contributed by atoms with E-state index >= 15 is 0 Å². The smallest absolute Gasteiger partial charge is 0.254 e. The van der Waals surface area contributed by atoms with Gasteiger partial charge < -0.3 is 5.32 Å². The summed E-state index contributed by atoms with van der Waals surface area (Å²) < 4.78 is 65.3. The Morgan fingerprint density at radius 3 is 2.46 bits per heavy atom. The second-order valence-corrected chi connectivity index (χ2v) is 10.6. The van der Waals surface area contributed by atoms with Gasteiger partial charge >= 0.3 is 0 Å². The van der Waals surface area contributed by atoms with Crippen LogP contribution in [0.15, 0.2) is 23.1 Å². The first-order chi connectivity index (χ1) is 13.0. The van der Waals surface area contributed by atoms with Crippen molar-refractivity contribution in [2.45, 2.75) is 37.6 Å². The van der Waals surface area contributed by atoms with E-state index in [-0.39, 0.29) is 30.1 Å². The molecule has 28 heavy (non-hydrogen) atoms. The lowest BCUT2D eigenvalue weighted by Gasteiger charge is -2.31. The third kappa shape index (κ3) is 5.07. The number of carbonyl (C=O) groups excluding carboxylic acids is 1. The SMILES string of the molecule is CCN(CC)S(=O)(=O)c1ccc(F)c(C(=O)NC2CCCN(S(C)(=O)=O)C2)c1. The first-order valence-electron chi connectivity index (χ1n) is 9.06. The van der Waals surface area contributed by atoms with Crippen LogP contribution in [0.2, 0.25) is 0 Å². The van der Waals surface area contributed by atoms with Gasteiger partial charge in [-0.2, -0.15) is 4.31 Å². The quantitative estimate of drug-likeness (QED) is 0.688.